The van der Waals surface area contributed by atoms with E-state index in [1.165, 1.54) is 6.42 Å². The average molecular weight is 309 g/mol. The molecule has 3 nitrogen and oxygen atoms in total. The maximum Gasteiger partial charge on any atom is 0.240 e. The van der Waals surface area contributed by atoms with Crippen molar-refractivity contribution < 1.29 is 4.79 Å². The summed E-state index contributed by atoms with van der Waals surface area (Å²) in [4.78, 5) is 12.5. The van der Waals surface area contributed by atoms with Gasteiger partial charge in [-0.25, -0.2) is 0 Å². The molecule has 3 N–H and O–H groups in total. The van der Waals surface area contributed by atoms with Gasteiger partial charge in [0.2, 0.25) is 5.91 Å². The van der Waals surface area contributed by atoms with Gasteiger partial charge in [-0.05, 0) is 49.8 Å². The second kappa shape index (κ2) is 6.80. The van der Waals surface area contributed by atoms with Gasteiger partial charge < -0.3 is 11.1 Å². The minimum atomic E-state index is -0.694. The van der Waals surface area contributed by atoms with Gasteiger partial charge in [-0.3, -0.25) is 4.79 Å². The second-order valence-corrected chi connectivity index (χ2v) is 7.00. The Morgan fingerprint density at radius 3 is 3.00 bits per heavy atom. The molecule has 4 heteroatoms. The predicted molar refractivity (Wildman–Crippen MR) is 87.3 cm³/mol. The van der Waals surface area contributed by atoms with Gasteiger partial charge >= 0.3 is 0 Å². The molecule has 3 unspecified atom stereocenters. The first kappa shape index (κ1) is 16.3. The van der Waals surface area contributed by atoms with Crippen LogP contribution < -0.4 is 11.1 Å². The third-order valence-electron chi connectivity index (χ3n) is 4.29. The van der Waals surface area contributed by atoms with E-state index in [2.05, 4.69) is 12.2 Å². The molecular weight excluding hydrogens is 284 g/mol. The van der Waals surface area contributed by atoms with Crippen LogP contribution in [-0.2, 0) is 11.2 Å². The van der Waals surface area contributed by atoms with Gasteiger partial charge in [0.15, 0.2) is 0 Å². The fraction of sp³-hybridized carbons (Fsp3) is 0.588. The Bertz CT molecular complexity index is 505. The highest BCUT2D eigenvalue weighted by molar-refractivity contribution is 6.30. The van der Waals surface area contributed by atoms with Crippen molar-refractivity contribution in [1.82, 2.24) is 5.32 Å². The van der Waals surface area contributed by atoms with Gasteiger partial charge in [-0.15, -0.1) is 0 Å². The summed E-state index contributed by atoms with van der Waals surface area (Å²) < 4.78 is 0. The third-order valence-corrected chi connectivity index (χ3v) is 4.53. The zero-order chi connectivity index (χ0) is 15.5. The van der Waals surface area contributed by atoms with Gasteiger partial charge in [0.1, 0.15) is 0 Å². The van der Waals surface area contributed by atoms with Crippen LogP contribution in [0.3, 0.4) is 0 Å². The number of hydrogen-bond acceptors (Lipinski definition) is 2. The van der Waals surface area contributed by atoms with Crippen molar-refractivity contribution in [2.45, 2.75) is 57.5 Å². The van der Waals surface area contributed by atoms with Crippen molar-refractivity contribution in [1.29, 1.82) is 0 Å². The molecule has 0 bridgehead atoms. The summed E-state index contributed by atoms with van der Waals surface area (Å²) in [6.45, 7) is 4.18. The monoisotopic (exact) mass is 308 g/mol. The third kappa shape index (κ3) is 4.45. The number of halogens is 1. The highest BCUT2D eigenvalue weighted by Crippen LogP contribution is 2.30. The summed E-state index contributed by atoms with van der Waals surface area (Å²) in [6, 6.07) is 7.79. The van der Waals surface area contributed by atoms with Crippen LogP contribution in [0.2, 0.25) is 5.02 Å². The van der Waals surface area contributed by atoms with E-state index in [9.17, 15) is 4.79 Å². The van der Waals surface area contributed by atoms with Crippen molar-refractivity contribution in [2.75, 3.05) is 0 Å². The van der Waals surface area contributed by atoms with Crippen LogP contribution in [-0.4, -0.2) is 17.5 Å². The first-order chi connectivity index (χ1) is 9.89. The number of nitrogens with one attached hydrogen (secondary N) is 1. The molecule has 1 aromatic carbocycles. The van der Waals surface area contributed by atoms with Crippen LogP contribution in [0.5, 0.6) is 0 Å². The van der Waals surface area contributed by atoms with Gasteiger partial charge in [0, 0.05) is 11.1 Å². The lowest BCUT2D eigenvalue weighted by Gasteiger charge is -2.36. The SMILES string of the molecule is CC1CCCC(N)(C(=O)NC(C)Cc2cccc(Cl)c2)C1. The largest absolute Gasteiger partial charge is 0.352 e. The number of carbonyl (C=O) groups excluding carboxylic acids is 1. The summed E-state index contributed by atoms with van der Waals surface area (Å²) in [5, 5.41) is 3.80. The van der Waals surface area contributed by atoms with Crippen LogP contribution in [0.1, 0.15) is 45.1 Å². The maximum absolute atomic E-state index is 12.5. The molecule has 0 radical (unpaired) electrons. The smallest absolute Gasteiger partial charge is 0.240 e. The number of carbonyl (C=O) groups is 1. The summed E-state index contributed by atoms with van der Waals surface area (Å²) in [7, 11) is 0. The Hall–Kier alpha value is -1.06. The molecule has 1 saturated carbocycles. The zero-order valence-electron chi connectivity index (χ0n) is 12.9. The van der Waals surface area contributed by atoms with Crippen molar-refractivity contribution in [3.63, 3.8) is 0 Å². The number of nitrogens with two attached hydrogens (primary N) is 1. The Morgan fingerprint density at radius 2 is 2.33 bits per heavy atom. The first-order valence-electron chi connectivity index (χ1n) is 7.73. The minimum absolute atomic E-state index is 0.0106. The van der Waals surface area contributed by atoms with Crippen LogP contribution >= 0.6 is 11.6 Å². The molecule has 1 amide bonds. The molecule has 1 aromatic rings. The Kier molecular flexibility index (Phi) is 5.28. The Morgan fingerprint density at radius 1 is 1.57 bits per heavy atom. The normalized spacial score (nSPS) is 27.1. The van der Waals surface area contributed by atoms with E-state index in [-0.39, 0.29) is 11.9 Å². The fourth-order valence-corrected chi connectivity index (χ4v) is 3.45. The summed E-state index contributed by atoms with van der Waals surface area (Å²) >= 11 is 5.99. The summed E-state index contributed by atoms with van der Waals surface area (Å²) in [5.74, 6) is 0.515. The molecule has 2 rings (SSSR count). The molecular formula is C17H25ClN2O. The molecule has 1 aliphatic rings. The summed E-state index contributed by atoms with van der Waals surface area (Å²) in [5.41, 5.74) is 6.75. The summed E-state index contributed by atoms with van der Waals surface area (Å²) in [6.07, 6.45) is 4.53. The van der Waals surface area contributed by atoms with E-state index < -0.39 is 5.54 Å². The molecule has 1 fully saturated rings. The van der Waals surface area contributed by atoms with Crippen LogP contribution in [0.15, 0.2) is 24.3 Å². The van der Waals surface area contributed by atoms with Crippen LogP contribution in [0.25, 0.3) is 0 Å². The number of hydrogen-bond donors (Lipinski definition) is 2. The lowest BCUT2D eigenvalue weighted by molar-refractivity contribution is -0.128. The topological polar surface area (TPSA) is 55.1 Å². The second-order valence-electron chi connectivity index (χ2n) is 6.57. The standard InChI is InChI=1S/C17H25ClN2O/c1-12-5-4-8-17(19,11-12)16(21)20-13(2)9-14-6-3-7-15(18)10-14/h3,6-7,10,12-13H,4-5,8-9,11,19H2,1-2H3,(H,20,21). The highest BCUT2D eigenvalue weighted by atomic mass is 35.5. The van der Waals surface area contributed by atoms with E-state index in [0.717, 1.165) is 36.3 Å². The van der Waals surface area contributed by atoms with Gasteiger partial charge in [0.25, 0.3) is 0 Å². The van der Waals surface area contributed by atoms with E-state index >= 15 is 0 Å². The zero-order valence-corrected chi connectivity index (χ0v) is 13.6. The predicted octanol–water partition coefficient (Wildman–Crippen LogP) is 3.29. The van der Waals surface area contributed by atoms with E-state index in [1.807, 2.05) is 31.2 Å². The minimum Gasteiger partial charge on any atom is -0.352 e. The number of benzene rings is 1. The fourth-order valence-electron chi connectivity index (χ4n) is 3.23. The van der Waals surface area contributed by atoms with Crippen molar-refractivity contribution in [2.24, 2.45) is 11.7 Å². The van der Waals surface area contributed by atoms with E-state index in [4.69, 9.17) is 17.3 Å². The number of rotatable bonds is 4. The van der Waals surface area contributed by atoms with E-state index in [0.29, 0.717) is 5.92 Å². The van der Waals surface area contributed by atoms with Crippen molar-refractivity contribution in [3.8, 4) is 0 Å². The Balaban J connectivity index is 1.92. The molecule has 0 aromatic heterocycles. The quantitative estimate of drug-likeness (QED) is 0.896. The average Bonchev–Trinajstić information content (AvgIpc) is 2.38. The molecule has 3 atom stereocenters. The molecule has 0 spiro atoms. The molecule has 0 aliphatic heterocycles. The van der Waals surface area contributed by atoms with Crippen LogP contribution in [0, 0.1) is 5.92 Å². The molecule has 0 heterocycles. The van der Waals surface area contributed by atoms with Gasteiger partial charge in [-0.2, -0.15) is 0 Å². The highest BCUT2D eigenvalue weighted by Gasteiger charge is 2.38. The van der Waals surface area contributed by atoms with Crippen molar-refractivity contribution in [3.05, 3.63) is 34.9 Å². The lowest BCUT2D eigenvalue weighted by atomic mass is 9.76. The molecule has 1 aliphatic carbocycles. The number of amides is 1. The Labute approximate surface area is 132 Å². The van der Waals surface area contributed by atoms with Crippen molar-refractivity contribution >= 4 is 17.5 Å². The van der Waals surface area contributed by atoms with Crippen LogP contribution in [0.4, 0.5) is 0 Å². The first-order valence-corrected chi connectivity index (χ1v) is 8.11. The molecule has 0 saturated heterocycles. The molecule has 21 heavy (non-hydrogen) atoms. The van der Waals surface area contributed by atoms with Gasteiger partial charge in [-0.1, -0.05) is 43.5 Å². The van der Waals surface area contributed by atoms with E-state index in [1.54, 1.807) is 0 Å². The lowest BCUT2D eigenvalue weighted by Crippen LogP contribution is -2.58. The molecule has 116 valence electrons. The van der Waals surface area contributed by atoms with Gasteiger partial charge in [0.05, 0.1) is 5.54 Å². The maximum atomic E-state index is 12.5.